The first kappa shape index (κ1) is 19.6. The van der Waals surface area contributed by atoms with E-state index in [1.54, 1.807) is 6.07 Å². The summed E-state index contributed by atoms with van der Waals surface area (Å²) >= 11 is 0. The molecule has 0 spiro atoms. The molecule has 5 nitrogen and oxygen atoms in total. The fourth-order valence-corrected chi connectivity index (χ4v) is 3.23. The van der Waals surface area contributed by atoms with Crippen LogP contribution >= 0.6 is 0 Å². The lowest BCUT2D eigenvalue weighted by atomic mass is 10.0. The van der Waals surface area contributed by atoms with Crippen molar-refractivity contribution >= 4 is 11.5 Å². The third kappa shape index (κ3) is 3.30. The van der Waals surface area contributed by atoms with Gasteiger partial charge in [-0.15, -0.1) is 0 Å². The molecule has 2 aromatic heterocycles. The minimum atomic E-state index is -1.20. The van der Waals surface area contributed by atoms with Crippen LogP contribution in [0.1, 0.15) is 5.69 Å². The molecular weight excluding hydrogens is 405 g/mol. The highest BCUT2D eigenvalue weighted by Crippen LogP contribution is 2.38. The molecule has 0 atom stereocenters. The Labute approximate surface area is 167 Å². The van der Waals surface area contributed by atoms with Gasteiger partial charge >= 0.3 is 0 Å². The smallest absolute Gasteiger partial charge is 0.152 e. The summed E-state index contributed by atoms with van der Waals surface area (Å²) in [4.78, 5) is 0. The third-order valence-electron chi connectivity index (χ3n) is 4.52. The Morgan fingerprint density at radius 1 is 0.867 bits per heavy atom. The van der Waals surface area contributed by atoms with Gasteiger partial charge in [-0.25, -0.2) is 26.6 Å². The van der Waals surface area contributed by atoms with Crippen LogP contribution in [0.15, 0.2) is 42.7 Å². The maximum Gasteiger partial charge on any atom is 0.152 e. The van der Waals surface area contributed by atoms with Crippen molar-refractivity contribution in [3.05, 3.63) is 77.5 Å². The van der Waals surface area contributed by atoms with Crippen LogP contribution < -0.4 is 5.32 Å². The average molecular weight is 419 g/mol. The number of rotatable bonds is 4. The lowest BCUT2D eigenvalue weighted by Crippen LogP contribution is -2.05. The first-order valence-corrected chi connectivity index (χ1v) is 8.71. The Morgan fingerprint density at radius 3 is 2.07 bits per heavy atom. The summed E-state index contributed by atoms with van der Waals surface area (Å²) < 4.78 is 73.8. The highest BCUT2D eigenvalue weighted by Gasteiger charge is 2.25. The topological polar surface area (TPSA) is 47.7 Å². The molecule has 10 heteroatoms. The van der Waals surface area contributed by atoms with E-state index in [1.165, 1.54) is 35.7 Å². The van der Waals surface area contributed by atoms with Gasteiger partial charge in [0.1, 0.15) is 29.0 Å². The van der Waals surface area contributed by atoms with E-state index in [0.717, 1.165) is 12.1 Å². The summed E-state index contributed by atoms with van der Waals surface area (Å²) in [6.45, 7) is 1.50. The summed E-state index contributed by atoms with van der Waals surface area (Å²) in [7, 11) is 1.44. The molecule has 4 aromatic rings. The number of aryl methyl sites for hydroxylation is 2. The molecule has 0 fully saturated rings. The van der Waals surface area contributed by atoms with Gasteiger partial charge in [0.05, 0.1) is 22.5 Å². The fraction of sp³-hybridized carbons (Fsp3) is 0.100. The Balaban J connectivity index is 1.86. The molecule has 0 unspecified atom stereocenters. The minimum absolute atomic E-state index is 0.0253. The minimum Gasteiger partial charge on any atom is -0.335 e. The standard InChI is InChI=1S/C20H14F5N5/c1-10-17(18-13(22)8-12(9-14(18)23)30-5-3-4-26-30)20(29(2)28-10)27-19-15(24)6-11(21)7-16(19)25/h3-9,27H,1-2H3. The van der Waals surface area contributed by atoms with Crippen molar-refractivity contribution in [1.82, 2.24) is 19.6 Å². The maximum absolute atomic E-state index is 15.0. The van der Waals surface area contributed by atoms with Crippen LogP contribution in [0.25, 0.3) is 16.8 Å². The predicted molar refractivity (Wildman–Crippen MR) is 100 cm³/mol. The first-order chi connectivity index (χ1) is 14.3. The molecule has 2 aromatic carbocycles. The van der Waals surface area contributed by atoms with E-state index in [2.05, 4.69) is 15.5 Å². The number of aromatic nitrogens is 4. The molecular formula is C20H14F5N5. The zero-order chi connectivity index (χ0) is 21.6. The van der Waals surface area contributed by atoms with Crippen molar-refractivity contribution in [2.75, 3.05) is 5.32 Å². The monoisotopic (exact) mass is 419 g/mol. The quantitative estimate of drug-likeness (QED) is 0.473. The molecule has 2 heterocycles. The van der Waals surface area contributed by atoms with Crippen LogP contribution in [0.5, 0.6) is 0 Å². The number of halogens is 5. The van der Waals surface area contributed by atoms with Gasteiger partial charge < -0.3 is 5.32 Å². The van der Waals surface area contributed by atoms with Crippen LogP contribution in [-0.4, -0.2) is 19.6 Å². The predicted octanol–water partition coefficient (Wildman–Crippen LogP) is 5.02. The van der Waals surface area contributed by atoms with Gasteiger partial charge in [-0.05, 0) is 13.0 Å². The largest absolute Gasteiger partial charge is 0.335 e. The van der Waals surface area contributed by atoms with Crippen molar-refractivity contribution in [3.8, 4) is 16.8 Å². The average Bonchev–Trinajstić information content (AvgIpc) is 3.27. The Kier molecular flexibility index (Phi) is 4.76. The van der Waals surface area contributed by atoms with E-state index >= 15 is 0 Å². The number of nitrogens with zero attached hydrogens (tertiary/aromatic N) is 4. The molecule has 0 saturated heterocycles. The van der Waals surface area contributed by atoms with E-state index < -0.39 is 40.3 Å². The second-order valence-electron chi connectivity index (χ2n) is 6.54. The van der Waals surface area contributed by atoms with Crippen LogP contribution in [0, 0.1) is 36.0 Å². The van der Waals surface area contributed by atoms with Crippen molar-refractivity contribution < 1.29 is 22.0 Å². The Morgan fingerprint density at radius 2 is 1.50 bits per heavy atom. The molecule has 0 aliphatic carbocycles. The second kappa shape index (κ2) is 7.29. The lowest BCUT2D eigenvalue weighted by molar-refractivity contribution is 0.548. The molecule has 0 radical (unpaired) electrons. The molecule has 4 rings (SSSR count). The normalized spacial score (nSPS) is 11.2. The van der Waals surface area contributed by atoms with E-state index in [9.17, 15) is 22.0 Å². The van der Waals surface area contributed by atoms with Gasteiger partial charge in [0.2, 0.25) is 0 Å². The van der Waals surface area contributed by atoms with Gasteiger partial charge in [-0.1, -0.05) is 0 Å². The molecule has 0 amide bonds. The summed E-state index contributed by atoms with van der Waals surface area (Å²) in [5.74, 6) is -5.40. The number of nitrogens with one attached hydrogen (secondary N) is 1. The molecule has 154 valence electrons. The third-order valence-corrected chi connectivity index (χ3v) is 4.52. The number of hydrogen-bond acceptors (Lipinski definition) is 3. The molecule has 0 bridgehead atoms. The molecule has 0 aliphatic rings. The first-order valence-electron chi connectivity index (χ1n) is 8.71. The summed E-state index contributed by atoms with van der Waals surface area (Å²) in [5.41, 5.74) is -0.753. The zero-order valence-electron chi connectivity index (χ0n) is 15.7. The van der Waals surface area contributed by atoms with Crippen LogP contribution in [0.3, 0.4) is 0 Å². The number of benzene rings is 2. The van der Waals surface area contributed by atoms with Gasteiger partial charge in [-0.3, -0.25) is 4.68 Å². The van der Waals surface area contributed by atoms with Crippen LogP contribution in [0.2, 0.25) is 0 Å². The summed E-state index contributed by atoms with van der Waals surface area (Å²) in [5, 5.41) is 10.5. The van der Waals surface area contributed by atoms with E-state index in [-0.39, 0.29) is 22.8 Å². The number of hydrogen-bond donors (Lipinski definition) is 1. The Bertz CT molecular complexity index is 1200. The highest BCUT2D eigenvalue weighted by molar-refractivity contribution is 5.82. The highest BCUT2D eigenvalue weighted by atomic mass is 19.2. The fourth-order valence-electron chi connectivity index (χ4n) is 3.23. The van der Waals surface area contributed by atoms with E-state index in [4.69, 9.17) is 0 Å². The van der Waals surface area contributed by atoms with Gasteiger partial charge in [0.25, 0.3) is 0 Å². The molecule has 0 saturated carbocycles. The van der Waals surface area contributed by atoms with Crippen molar-refractivity contribution in [3.63, 3.8) is 0 Å². The van der Waals surface area contributed by atoms with Crippen molar-refractivity contribution in [1.29, 1.82) is 0 Å². The second-order valence-corrected chi connectivity index (χ2v) is 6.54. The molecule has 1 N–H and O–H groups in total. The zero-order valence-corrected chi connectivity index (χ0v) is 15.7. The Hall–Kier alpha value is -3.69. The SMILES string of the molecule is Cc1nn(C)c(Nc2c(F)cc(F)cc2F)c1-c1c(F)cc(-n2cccn2)cc1F. The van der Waals surface area contributed by atoms with E-state index in [1.807, 2.05) is 0 Å². The van der Waals surface area contributed by atoms with E-state index in [0.29, 0.717) is 12.1 Å². The summed E-state index contributed by atoms with van der Waals surface area (Å²) in [6.07, 6.45) is 2.99. The maximum atomic E-state index is 15.0. The van der Waals surface area contributed by atoms with Crippen LogP contribution in [0.4, 0.5) is 33.5 Å². The van der Waals surface area contributed by atoms with Gasteiger partial charge in [-0.2, -0.15) is 10.2 Å². The lowest BCUT2D eigenvalue weighted by Gasteiger charge is -2.14. The van der Waals surface area contributed by atoms with Gasteiger partial charge in [0, 0.05) is 43.7 Å². The molecule has 0 aliphatic heterocycles. The van der Waals surface area contributed by atoms with Crippen LogP contribution in [-0.2, 0) is 7.05 Å². The molecule has 30 heavy (non-hydrogen) atoms. The van der Waals surface area contributed by atoms with Crippen molar-refractivity contribution in [2.45, 2.75) is 6.92 Å². The van der Waals surface area contributed by atoms with Crippen molar-refractivity contribution in [2.24, 2.45) is 7.05 Å². The number of anilines is 2. The summed E-state index contributed by atoms with van der Waals surface area (Å²) in [6, 6.07) is 4.76. The van der Waals surface area contributed by atoms with Gasteiger partial charge in [0.15, 0.2) is 11.6 Å².